The molecule has 0 spiro atoms. The van der Waals surface area contributed by atoms with Crippen LogP contribution in [0.4, 0.5) is 20.2 Å². The van der Waals surface area contributed by atoms with Crippen LogP contribution in [0.2, 0.25) is 5.02 Å². The van der Waals surface area contributed by atoms with Crippen LogP contribution in [0, 0.1) is 0 Å². The monoisotopic (exact) mass is 473 g/mol. The van der Waals surface area contributed by atoms with Crippen LogP contribution in [-0.2, 0) is 9.59 Å². The first-order valence-electron chi connectivity index (χ1n) is 8.55. The summed E-state index contributed by atoms with van der Waals surface area (Å²) in [7, 11) is 1.54. The molecule has 1 atom stereocenters. The number of thioether (sulfide) groups is 1. The molecule has 1 aliphatic heterocycles. The van der Waals surface area contributed by atoms with Gasteiger partial charge in [-0.15, -0.1) is 8.78 Å². The highest BCUT2D eigenvalue weighted by Gasteiger charge is 2.34. The molecule has 3 rings (SSSR count). The number of amidine groups is 1. The number of carbonyl (C=O) groups excluding carboxylic acids is 2. The van der Waals surface area contributed by atoms with Crippen LogP contribution in [0.3, 0.4) is 0 Å². The fraction of sp³-hybridized carbons (Fsp3) is 0.211. The molecule has 2 aromatic carbocycles. The molecule has 0 bridgehead atoms. The Hall–Kier alpha value is -2.36. The molecule has 30 heavy (non-hydrogen) atoms. The number of anilines is 1. The van der Waals surface area contributed by atoms with Gasteiger partial charge in [0.05, 0.1) is 16.4 Å². The maximum atomic E-state index is 12.7. The van der Waals surface area contributed by atoms with E-state index in [-0.39, 0.29) is 24.0 Å². The lowest BCUT2D eigenvalue weighted by Crippen LogP contribution is -2.43. The number of aliphatic imine (C=N–C) groups is 1. The first-order valence-corrected chi connectivity index (χ1v) is 10.2. The molecule has 0 radical (unpaired) electrons. The Morgan fingerprint density at radius 2 is 1.93 bits per heavy atom. The quantitative estimate of drug-likeness (QED) is 0.613. The molecule has 2 aromatic rings. The second-order valence-corrected chi connectivity index (χ2v) is 8.19. The molecule has 2 amide bonds. The van der Waals surface area contributed by atoms with Crippen molar-refractivity contribution >= 4 is 63.3 Å². The third-order valence-corrected chi connectivity index (χ3v) is 5.64. The molecule has 11 heteroatoms. The molecule has 0 aliphatic carbocycles. The number of benzene rings is 2. The zero-order valence-corrected chi connectivity index (χ0v) is 17.8. The summed E-state index contributed by atoms with van der Waals surface area (Å²) in [4.78, 5) is 30.7. The van der Waals surface area contributed by atoms with E-state index >= 15 is 0 Å². The third kappa shape index (κ3) is 5.84. The van der Waals surface area contributed by atoms with E-state index in [1.54, 1.807) is 31.3 Å². The fourth-order valence-corrected chi connectivity index (χ4v) is 3.84. The molecular weight excluding hydrogens is 459 g/mol. The van der Waals surface area contributed by atoms with Crippen molar-refractivity contribution in [3.8, 4) is 5.75 Å². The van der Waals surface area contributed by atoms with Crippen molar-refractivity contribution in [3.63, 3.8) is 0 Å². The maximum Gasteiger partial charge on any atom is 0.487 e. The number of ether oxygens (including phenoxy) is 1. The molecular formula is C19H15Cl2F2N3O3S. The summed E-state index contributed by atoms with van der Waals surface area (Å²) in [6, 6.07) is 12.2. The minimum Gasteiger partial charge on any atom is -0.420 e. The van der Waals surface area contributed by atoms with Gasteiger partial charge >= 0.3 is 5.57 Å². The lowest BCUT2D eigenvalue weighted by molar-refractivity contribution is -0.128. The third-order valence-electron chi connectivity index (χ3n) is 3.99. The zero-order chi connectivity index (χ0) is 21.9. The van der Waals surface area contributed by atoms with E-state index in [1.165, 1.54) is 29.2 Å². The Labute approximate surface area is 185 Å². The average Bonchev–Trinajstić information content (AvgIpc) is 2.67. The van der Waals surface area contributed by atoms with E-state index in [0.717, 1.165) is 11.8 Å². The minimum atomic E-state index is -3.82. The van der Waals surface area contributed by atoms with Gasteiger partial charge in [0.15, 0.2) is 5.17 Å². The van der Waals surface area contributed by atoms with Crippen molar-refractivity contribution in [3.05, 3.63) is 53.6 Å². The van der Waals surface area contributed by atoms with Gasteiger partial charge in [-0.2, -0.15) is 0 Å². The number of amides is 2. The Morgan fingerprint density at radius 1 is 1.27 bits per heavy atom. The number of nitrogens with one attached hydrogen (secondary N) is 1. The highest BCUT2D eigenvalue weighted by molar-refractivity contribution is 8.15. The van der Waals surface area contributed by atoms with Gasteiger partial charge in [-0.1, -0.05) is 35.5 Å². The van der Waals surface area contributed by atoms with E-state index in [1.807, 2.05) is 0 Å². The van der Waals surface area contributed by atoms with Crippen LogP contribution in [-0.4, -0.2) is 39.7 Å². The van der Waals surface area contributed by atoms with Crippen molar-refractivity contribution < 1.29 is 23.1 Å². The van der Waals surface area contributed by atoms with Gasteiger partial charge in [-0.25, -0.2) is 4.99 Å². The number of halogens is 4. The van der Waals surface area contributed by atoms with Crippen LogP contribution >= 0.6 is 35.0 Å². The van der Waals surface area contributed by atoms with E-state index < -0.39 is 10.8 Å². The molecule has 0 unspecified atom stereocenters. The van der Waals surface area contributed by atoms with Crippen molar-refractivity contribution in [2.45, 2.75) is 17.2 Å². The average molecular weight is 474 g/mol. The molecule has 1 fully saturated rings. The molecule has 0 aromatic heterocycles. The SMILES string of the molecule is CN1C(=O)C[C@H](C(=O)Nc2ccccc2Cl)SC1=Nc1ccc(OC(F)(F)Cl)cc1. The largest absolute Gasteiger partial charge is 0.487 e. The summed E-state index contributed by atoms with van der Waals surface area (Å²) in [6.45, 7) is 0. The summed E-state index contributed by atoms with van der Waals surface area (Å²) in [6.07, 6.45) is -0.00590. The predicted octanol–water partition coefficient (Wildman–Crippen LogP) is 5.10. The van der Waals surface area contributed by atoms with Crippen molar-refractivity contribution in [1.29, 1.82) is 0 Å². The standard InChI is InChI=1S/C19H15Cl2F2N3O3S/c1-26-16(27)10-15(17(28)25-14-5-3-2-4-13(14)20)30-18(26)24-11-6-8-12(9-7-11)29-19(21,22)23/h2-9,15H,10H2,1H3,(H,25,28)/t15-/m1/s1. The number of alkyl halides is 3. The smallest absolute Gasteiger partial charge is 0.420 e. The van der Waals surface area contributed by atoms with E-state index in [4.69, 9.17) is 23.2 Å². The Kier molecular flexibility index (Phi) is 6.84. The summed E-state index contributed by atoms with van der Waals surface area (Å²) in [5.74, 6) is -0.805. The number of carbonyl (C=O) groups is 2. The lowest BCUT2D eigenvalue weighted by Gasteiger charge is -2.28. The molecule has 158 valence electrons. The zero-order valence-electron chi connectivity index (χ0n) is 15.4. The van der Waals surface area contributed by atoms with Crippen molar-refractivity contribution in [2.75, 3.05) is 12.4 Å². The highest BCUT2D eigenvalue weighted by Crippen LogP contribution is 2.31. The Bertz CT molecular complexity index is 984. The van der Waals surface area contributed by atoms with Crippen LogP contribution in [0.15, 0.2) is 53.5 Å². The van der Waals surface area contributed by atoms with E-state index in [0.29, 0.717) is 21.6 Å². The van der Waals surface area contributed by atoms with Crippen LogP contribution in [0.5, 0.6) is 5.75 Å². The van der Waals surface area contributed by atoms with Gasteiger partial charge in [-0.3, -0.25) is 14.5 Å². The summed E-state index contributed by atoms with van der Waals surface area (Å²) < 4.78 is 29.6. The fourth-order valence-electron chi connectivity index (χ4n) is 2.51. The highest BCUT2D eigenvalue weighted by atomic mass is 35.5. The second kappa shape index (κ2) is 9.20. The van der Waals surface area contributed by atoms with E-state index in [2.05, 4.69) is 15.0 Å². The van der Waals surface area contributed by atoms with Gasteiger partial charge in [0.25, 0.3) is 0 Å². The maximum absolute atomic E-state index is 12.7. The number of rotatable bonds is 5. The van der Waals surface area contributed by atoms with Gasteiger partial charge in [0, 0.05) is 25.1 Å². The van der Waals surface area contributed by atoms with Gasteiger partial charge in [0.2, 0.25) is 11.8 Å². The number of hydrogen-bond donors (Lipinski definition) is 1. The van der Waals surface area contributed by atoms with Crippen LogP contribution in [0.1, 0.15) is 6.42 Å². The van der Waals surface area contributed by atoms with Gasteiger partial charge in [-0.05, 0) is 36.4 Å². The Morgan fingerprint density at radius 3 is 2.57 bits per heavy atom. The van der Waals surface area contributed by atoms with E-state index in [9.17, 15) is 18.4 Å². The topological polar surface area (TPSA) is 71.0 Å². The predicted molar refractivity (Wildman–Crippen MR) is 114 cm³/mol. The Balaban J connectivity index is 1.75. The number of para-hydroxylation sites is 1. The molecule has 1 N–H and O–H groups in total. The van der Waals surface area contributed by atoms with Gasteiger partial charge < -0.3 is 10.1 Å². The summed E-state index contributed by atoms with van der Waals surface area (Å²) in [5, 5.41) is 2.68. The van der Waals surface area contributed by atoms with Gasteiger partial charge in [0.1, 0.15) is 11.0 Å². The molecule has 0 saturated carbocycles. The number of hydrogen-bond acceptors (Lipinski definition) is 5. The van der Waals surface area contributed by atoms with Crippen LogP contribution < -0.4 is 10.1 Å². The number of nitrogens with zero attached hydrogens (tertiary/aromatic N) is 2. The normalized spacial score (nSPS) is 18.4. The summed E-state index contributed by atoms with van der Waals surface area (Å²) in [5.41, 5.74) is -2.99. The first kappa shape index (κ1) is 22.3. The lowest BCUT2D eigenvalue weighted by atomic mass is 10.2. The second-order valence-electron chi connectivity index (χ2n) is 6.17. The van der Waals surface area contributed by atoms with Crippen LogP contribution in [0.25, 0.3) is 0 Å². The van der Waals surface area contributed by atoms with Crippen molar-refractivity contribution in [2.24, 2.45) is 4.99 Å². The molecule has 6 nitrogen and oxygen atoms in total. The minimum absolute atomic E-state index is 0.00590. The molecule has 1 heterocycles. The summed E-state index contributed by atoms with van der Waals surface area (Å²) >= 11 is 11.9. The van der Waals surface area contributed by atoms with Crippen molar-refractivity contribution in [1.82, 2.24) is 4.90 Å². The first-order chi connectivity index (χ1) is 14.1. The molecule has 1 aliphatic rings. The molecule has 1 saturated heterocycles.